The Labute approximate surface area is 165 Å². The zero-order chi connectivity index (χ0) is 19.3. The van der Waals surface area contributed by atoms with Crippen LogP contribution in [0.1, 0.15) is 41.6 Å². The second-order valence-electron chi connectivity index (χ2n) is 7.46. The van der Waals surface area contributed by atoms with Crippen molar-refractivity contribution in [1.82, 2.24) is 20.6 Å². The highest BCUT2D eigenvalue weighted by molar-refractivity contribution is 5.98. The molecule has 1 amide bonds. The van der Waals surface area contributed by atoms with Crippen LogP contribution in [0.25, 0.3) is 11.3 Å². The minimum Gasteiger partial charge on any atom is -0.383 e. The summed E-state index contributed by atoms with van der Waals surface area (Å²) in [6, 6.07) is 8.75. The smallest absolute Gasteiger partial charge is 0.251 e. The molecule has 28 heavy (non-hydrogen) atoms. The predicted molar refractivity (Wildman–Crippen MR) is 108 cm³/mol. The third-order valence-corrected chi connectivity index (χ3v) is 5.54. The molecule has 1 aromatic carbocycles. The van der Waals surface area contributed by atoms with Crippen LogP contribution in [0.15, 0.2) is 30.5 Å². The largest absolute Gasteiger partial charge is 0.383 e. The van der Waals surface area contributed by atoms with Gasteiger partial charge in [0.25, 0.3) is 5.91 Å². The Morgan fingerprint density at radius 1 is 1.18 bits per heavy atom. The number of carbonyl (C=O) groups excluding carboxylic acids is 1. The standard InChI is InChI=1S/C21H27N5O2/c1-28-11-10-22-16-3-5-17(6-4-16)25-21-23-9-8-19(26-21)14-2-7-18-15(12-14)13-24-20(18)27/h2,7-9,12,16-17,22H,3-6,10-11,13H2,1H3,(H,24,27)(H,23,25,26). The van der Waals surface area contributed by atoms with Crippen molar-refractivity contribution in [3.63, 3.8) is 0 Å². The van der Waals surface area contributed by atoms with Crippen molar-refractivity contribution < 1.29 is 9.53 Å². The van der Waals surface area contributed by atoms with Crippen LogP contribution in [-0.4, -0.2) is 48.2 Å². The summed E-state index contributed by atoms with van der Waals surface area (Å²) in [6.07, 6.45) is 6.29. The van der Waals surface area contributed by atoms with Crippen molar-refractivity contribution in [2.24, 2.45) is 0 Å². The molecular formula is C21H27N5O2. The fourth-order valence-corrected chi connectivity index (χ4v) is 3.97. The van der Waals surface area contributed by atoms with Crippen molar-refractivity contribution in [3.8, 4) is 11.3 Å². The van der Waals surface area contributed by atoms with Crippen LogP contribution < -0.4 is 16.0 Å². The summed E-state index contributed by atoms with van der Waals surface area (Å²) in [4.78, 5) is 20.8. The van der Waals surface area contributed by atoms with Crippen LogP contribution in [0.4, 0.5) is 5.95 Å². The number of methoxy groups -OCH3 is 1. The summed E-state index contributed by atoms with van der Waals surface area (Å²) < 4.78 is 5.10. The number of aromatic nitrogens is 2. The fraction of sp³-hybridized carbons (Fsp3) is 0.476. The van der Waals surface area contributed by atoms with E-state index >= 15 is 0 Å². The highest BCUT2D eigenvalue weighted by Crippen LogP contribution is 2.25. The molecule has 1 saturated carbocycles. The van der Waals surface area contributed by atoms with Gasteiger partial charge in [0.15, 0.2) is 0 Å². The van der Waals surface area contributed by atoms with Gasteiger partial charge in [0.1, 0.15) is 0 Å². The number of nitrogens with zero attached hydrogens (tertiary/aromatic N) is 2. The fourth-order valence-electron chi connectivity index (χ4n) is 3.97. The van der Waals surface area contributed by atoms with Gasteiger partial charge in [-0.3, -0.25) is 4.79 Å². The van der Waals surface area contributed by atoms with Crippen molar-refractivity contribution in [1.29, 1.82) is 0 Å². The first-order valence-electron chi connectivity index (χ1n) is 9.96. The second kappa shape index (κ2) is 8.67. The Balaban J connectivity index is 1.37. The number of nitrogens with one attached hydrogen (secondary N) is 3. The van der Waals surface area contributed by atoms with Gasteiger partial charge in [0.05, 0.1) is 12.3 Å². The lowest BCUT2D eigenvalue weighted by Crippen LogP contribution is -2.38. The van der Waals surface area contributed by atoms with Crippen LogP contribution in [0.5, 0.6) is 0 Å². The molecule has 2 aliphatic rings. The first kappa shape index (κ1) is 18.8. The minimum atomic E-state index is -0.00101. The monoisotopic (exact) mass is 381 g/mol. The highest BCUT2D eigenvalue weighted by atomic mass is 16.5. The van der Waals surface area contributed by atoms with Crippen LogP contribution in [0.3, 0.4) is 0 Å². The number of amides is 1. The molecule has 148 valence electrons. The Kier molecular flexibility index (Phi) is 5.83. The maximum atomic E-state index is 11.7. The van der Waals surface area contributed by atoms with Gasteiger partial charge in [-0.25, -0.2) is 9.97 Å². The van der Waals surface area contributed by atoms with Gasteiger partial charge in [0, 0.05) is 49.6 Å². The summed E-state index contributed by atoms with van der Waals surface area (Å²) in [7, 11) is 1.73. The number of ether oxygens (including phenoxy) is 1. The van der Waals surface area contributed by atoms with E-state index in [-0.39, 0.29) is 5.91 Å². The normalized spacial score (nSPS) is 21.2. The molecule has 3 N–H and O–H groups in total. The topological polar surface area (TPSA) is 88.2 Å². The van der Waals surface area contributed by atoms with Crippen molar-refractivity contribution in [2.45, 2.75) is 44.3 Å². The molecule has 7 nitrogen and oxygen atoms in total. The number of anilines is 1. The van der Waals surface area contributed by atoms with Crippen LogP contribution in [-0.2, 0) is 11.3 Å². The zero-order valence-corrected chi connectivity index (χ0v) is 16.2. The molecule has 0 bridgehead atoms. The highest BCUT2D eigenvalue weighted by Gasteiger charge is 2.22. The van der Waals surface area contributed by atoms with Crippen LogP contribution >= 0.6 is 0 Å². The zero-order valence-electron chi connectivity index (χ0n) is 16.2. The van der Waals surface area contributed by atoms with Gasteiger partial charge in [-0.2, -0.15) is 0 Å². The van der Waals surface area contributed by atoms with Gasteiger partial charge in [0.2, 0.25) is 5.95 Å². The lowest BCUT2D eigenvalue weighted by atomic mass is 9.91. The second-order valence-corrected chi connectivity index (χ2v) is 7.46. The van der Waals surface area contributed by atoms with E-state index in [1.54, 1.807) is 13.3 Å². The van der Waals surface area contributed by atoms with E-state index in [2.05, 4.69) is 20.9 Å². The van der Waals surface area contributed by atoms with Crippen LogP contribution in [0.2, 0.25) is 0 Å². The maximum Gasteiger partial charge on any atom is 0.251 e. The summed E-state index contributed by atoms with van der Waals surface area (Å²) >= 11 is 0. The van der Waals surface area contributed by atoms with Gasteiger partial charge in [-0.15, -0.1) is 0 Å². The summed E-state index contributed by atoms with van der Waals surface area (Å²) in [6.45, 7) is 2.25. The average Bonchev–Trinajstić information content (AvgIpc) is 3.10. The lowest BCUT2D eigenvalue weighted by molar-refractivity contribution is 0.0966. The molecule has 1 aromatic heterocycles. The van der Waals surface area contributed by atoms with E-state index in [0.717, 1.165) is 61.2 Å². The summed E-state index contributed by atoms with van der Waals surface area (Å²) in [5.41, 5.74) is 3.66. The van der Waals surface area contributed by atoms with Crippen LogP contribution in [0, 0.1) is 0 Å². The molecule has 1 aliphatic heterocycles. The molecule has 2 aromatic rings. The molecule has 4 rings (SSSR count). The van der Waals surface area contributed by atoms with E-state index in [0.29, 0.717) is 24.6 Å². The SMILES string of the molecule is COCCNC1CCC(Nc2nccc(-c3ccc4c(c3)CNC4=O)n2)CC1. The molecule has 1 fully saturated rings. The lowest BCUT2D eigenvalue weighted by Gasteiger charge is -2.29. The van der Waals surface area contributed by atoms with Gasteiger partial charge >= 0.3 is 0 Å². The molecule has 0 unspecified atom stereocenters. The first-order valence-corrected chi connectivity index (χ1v) is 9.96. The Morgan fingerprint density at radius 3 is 2.82 bits per heavy atom. The van der Waals surface area contributed by atoms with E-state index in [9.17, 15) is 4.79 Å². The molecule has 7 heteroatoms. The third-order valence-electron chi connectivity index (χ3n) is 5.54. The molecule has 1 aliphatic carbocycles. The average molecular weight is 381 g/mol. The Morgan fingerprint density at radius 2 is 2.00 bits per heavy atom. The van der Waals surface area contributed by atoms with Gasteiger partial charge in [-0.05, 0) is 49.4 Å². The van der Waals surface area contributed by atoms with E-state index in [1.807, 2.05) is 24.3 Å². The number of hydrogen-bond donors (Lipinski definition) is 3. The number of hydrogen-bond acceptors (Lipinski definition) is 6. The first-order chi connectivity index (χ1) is 13.7. The predicted octanol–water partition coefficient (Wildman–Crippen LogP) is 2.35. The number of carbonyl (C=O) groups is 1. The molecule has 2 heterocycles. The summed E-state index contributed by atoms with van der Waals surface area (Å²) in [5, 5.41) is 9.90. The Bertz CT molecular complexity index is 833. The molecule has 0 saturated heterocycles. The summed E-state index contributed by atoms with van der Waals surface area (Å²) in [5.74, 6) is 0.668. The van der Waals surface area contributed by atoms with Gasteiger partial charge < -0.3 is 20.7 Å². The molecule has 0 spiro atoms. The maximum absolute atomic E-state index is 11.7. The van der Waals surface area contributed by atoms with E-state index < -0.39 is 0 Å². The number of fused-ring (bicyclic) bond motifs is 1. The van der Waals surface area contributed by atoms with E-state index in [1.165, 1.54) is 0 Å². The quantitative estimate of drug-likeness (QED) is 0.638. The Hall–Kier alpha value is -2.51. The molecule has 0 atom stereocenters. The third kappa shape index (κ3) is 4.31. The molecular weight excluding hydrogens is 354 g/mol. The molecule has 0 radical (unpaired) electrons. The number of benzene rings is 1. The minimum absolute atomic E-state index is 0.00101. The number of rotatable bonds is 7. The van der Waals surface area contributed by atoms with E-state index in [4.69, 9.17) is 9.72 Å². The van der Waals surface area contributed by atoms with Crippen molar-refractivity contribution in [3.05, 3.63) is 41.6 Å². The van der Waals surface area contributed by atoms with Crippen molar-refractivity contribution >= 4 is 11.9 Å². The van der Waals surface area contributed by atoms with Crippen molar-refractivity contribution in [2.75, 3.05) is 25.6 Å². The van der Waals surface area contributed by atoms with Gasteiger partial charge in [-0.1, -0.05) is 6.07 Å².